The lowest BCUT2D eigenvalue weighted by Gasteiger charge is -2.38. The molecular formula is C15H19ClN2. The molecule has 0 aliphatic carbocycles. The van der Waals surface area contributed by atoms with E-state index in [2.05, 4.69) is 11.0 Å². The fourth-order valence-electron chi connectivity index (χ4n) is 2.77. The Hall–Kier alpha value is -1.04. The van der Waals surface area contributed by atoms with Crippen LogP contribution in [0.3, 0.4) is 0 Å². The summed E-state index contributed by atoms with van der Waals surface area (Å²) in [5.74, 6) is 0.675. The molecule has 0 aromatic heterocycles. The first-order valence-corrected chi connectivity index (χ1v) is 7.16. The van der Waals surface area contributed by atoms with Gasteiger partial charge >= 0.3 is 0 Å². The molecule has 0 spiro atoms. The lowest BCUT2D eigenvalue weighted by atomic mass is 9.95. The highest BCUT2D eigenvalue weighted by Crippen LogP contribution is 2.29. The first-order valence-electron chi connectivity index (χ1n) is 6.63. The van der Waals surface area contributed by atoms with Gasteiger partial charge in [0.2, 0.25) is 0 Å². The van der Waals surface area contributed by atoms with Crippen molar-refractivity contribution in [1.29, 1.82) is 5.26 Å². The first-order chi connectivity index (χ1) is 8.86. The van der Waals surface area contributed by atoms with E-state index < -0.39 is 0 Å². The fourth-order valence-corrected chi connectivity index (χ4v) is 3.03. The highest BCUT2D eigenvalue weighted by Gasteiger charge is 2.29. The number of nitrogens with zero attached hydrogens (tertiary/aromatic N) is 2. The van der Waals surface area contributed by atoms with Crippen molar-refractivity contribution in [3.05, 3.63) is 35.9 Å². The van der Waals surface area contributed by atoms with Crippen LogP contribution in [0.4, 0.5) is 0 Å². The van der Waals surface area contributed by atoms with Gasteiger partial charge in [0, 0.05) is 18.5 Å². The molecule has 1 aromatic carbocycles. The number of hydrogen-bond donors (Lipinski definition) is 0. The van der Waals surface area contributed by atoms with E-state index in [4.69, 9.17) is 11.6 Å². The fraction of sp³-hybridized carbons (Fsp3) is 0.533. The predicted molar refractivity (Wildman–Crippen MR) is 74.5 cm³/mol. The number of piperidine rings is 1. The highest BCUT2D eigenvalue weighted by atomic mass is 35.5. The van der Waals surface area contributed by atoms with Gasteiger partial charge in [-0.15, -0.1) is 11.6 Å². The molecule has 1 aliphatic heterocycles. The summed E-state index contributed by atoms with van der Waals surface area (Å²) >= 11 is 5.88. The molecule has 2 nitrogen and oxygen atoms in total. The van der Waals surface area contributed by atoms with Gasteiger partial charge in [0.15, 0.2) is 0 Å². The molecule has 3 heteroatoms. The van der Waals surface area contributed by atoms with Gasteiger partial charge in [-0.2, -0.15) is 5.26 Å². The topological polar surface area (TPSA) is 27.0 Å². The van der Waals surface area contributed by atoms with Crippen LogP contribution in [0.5, 0.6) is 0 Å². The maximum absolute atomic E-state index is 9.49. The number of halogens is 1. The molecule has 2 rings (SSSR count). The summed E-state index contributed by atoms with van der Waals surface area (Å²) in [7, 11) is 0. The summed E-state index contributed by atoms with van der Waals surface area (Å²) in [6.07, 6.45) is 4.58. The average Bonchev–Trinajstić information content (AvgIpc) is 2.43. The molecule has 18 heavy (non-hydrogen) atoms. The van der Waals surface area contributed by atoms with Crippen molar-refractivity contribution in [1.82, 2.24) is 4.90 Å². The third-order valence-corrected chi connectivity index (χ3v) is 3.90. The van der Waals surface area contributed by atoms with Gasteiger partial charge in [0.1, 0.15) is 6.04 Å². The van der Waals surface area contributed by atoms with Crippen LogP contribution in [0.15, 0.2) is 30.3 Å². The zero-order chi connectivity index (χ0) is 12.8. The zero-order valence-corrected chi connectivity index (χ0v) is 11.3. The van der Waals surface area contributed by atoms with E-state index in [-0.39, 0.29) is 6.04 Å². The molecule has 1 fully saturated rings. The summed E-state index contributed by atoms with van der Waals surface area (Å²) in [4.78, 5) is 2.33. The van der Waals surface area contributed by atoms with E-state index in [0.717, 1.165) is 24.9 Å². The van der Waals surface area contributed by atoms with Gasteiger partial charge in [-0.05, 0) is 24.8 Å². The van der Waals surface area contributed by atoms with Gasteiger partial charge in [-0.3, -0.25) is 4.90 Å². The largest absolute Gasteiger partial charge is 0.281 e. The number of likely N-dealkylation sites (tertiary alicyclic amines) is 1. The van der Waals surface area contributed by atoms with E-state index in [0.29, 0.717) is 11.9 Å². The Morgan fingerprint density at radius 3 is 2.78 bits per heavy atom. The minimum atomic E-state index is -0.125. The Kier molecular flexibility index (Phi) is 5.04. The molecule has 1 heterocycles. The second-order valence-corrected chi connectivity index (χ2v) is 5.19. The molecule has 1 saturated heterocycles. The summed E-state index contributed by atoms with van der Waals surface area (Å²) in [6, 6.07) is 12.9. The predicted octanol–water partition coefficient (Wildman–Crippen LogP) is 3.73. The van der Waals surface area contributed by atoms with E-state index in [1.165, 1.54) is 12.8 Å². The third kappa shape index (κ3) is 3.04. The molecule has 0 amide bonds. The molecule has 0 bridgehead atoms. The maximum Gasteiger partial charge on any atom is 0.124 e. The van der Waals surface area contributed by atoms with E-state index in [1.54, 1.807) is 0 Å². The molecule has 2 unspecified atom stereocenters. The molecule has 0 radical (unpaired) electrons. The number of rotatable bonds is 4. The summed E-state index contributed by atoms with van der Waals surface area (Å²) in [5, 5.41) is 9.49. The quantitative estimate of drug-likeness (QED) is 0.773. The number of hydrogen-bond acceptors (Lipinski definition) is 2. The van der Waals surface area contributed by atoms with Crippen molar-refractivity contribution < 1.29 is 0 Å². The molecular weight excluding hydrogens is 244 g/mol. The zero-order valence-electron chi connectivity index (χ0n) is 10.6. The van der Waals surface area contributed by atoms with E-state index in [1.807, 2.05) is 30.3 Å². The van der Waals surface area contributed by atoms with Crippen molar-refractivity contribution in [3.8, 4) is 6.07 Å². The van der Waals surface area contributed by atoms with Crippen molar-refractivity contribution in [2.45, 2.75) is 37.8 Å². The molecule has 1 aromatic rings. The van der Waals surface area contributed by atoms with Crippen LogP contribution >= 0.6 is 11.6 Å². The van der Waals surface area contributed by atoms with Crippen LogP contribution in [0.25, 0.3) is 0 Å². The van der Waals surface area contributed by atoms with Crippen LogP contribution in [0.1, 0.15) is 37.3 Å². The lowest BCUT2D eigenvalue weighted by Crippen LogP contribution is -2.41. The maximum atomic E-state index is 9.49. The Bertz CT molecular complexity index is 397. The van der Waals surface area contributed by atoms with Crippen molar-refractivity contribution >= 4 is 11.6 Å². The van der Waals surface area contributed by atoms with E-state index in [9.17, 15) is 5.26 Å². The number of alkyl halides is 1. The monoisotopic (exact) mass is 262 g/mol. The Morgan fingerprint density at radius 1 is 1.33 bits per heavy atom. The van der Waals surface area contributed by atoms with Crippen LogP contribution in [-0.4, -0.2) is 23.4 Å². The Morgan fingerprint density at radius 2 is 2.11 bits per heavy atom. The van der Waals surface area contributed by atoms with Crippen molar-refractivity contribution in [3.63, 3.8) is 0 Å². The normalized spacial score (nSPS) is 22.3. The minimum absolute atomic E-state index is 0.125. The molecule has 2 atom stereocenters. The van der Waals surface area contributed by atoms with Crippen LogP contribution in [-0.2, 0) is 0 Å². The van der Waals surface area contributed by atoms with Crippen LogP contribution in [0.2, 0.25) is 0 Å². The number of nitriles is 1. The summed E-state index contributed by atoms with van der Waals surface area (Å²) in [6.45, 7) is 1.01. The minimum Gasteiger partial charge on any atom is -0.281 e. The average molecular weight is 263 g/mol. The molecule has 0 N–H and O–H groups in total. The van der Waals surface area contributed by atoms with Gasteiger partial charge < -0.3 is 0 Å². The van der Waals surface area contributed by atoms with Gasteiger partial charge in [0.05, 0.1) is 6.07 Å². The van der Waals surface area contributed by atoms with Crippen molar-refractivity contribution in [2.24, 2.45) is 0 Å². The summed E-state index contributed by atoms with van der Waals surface area (Å²) < 4.78 is 0. The second-order valence-electron chi connectivity index (χ2n) is 4.81. The van der Waals surface area contributed by atoms with Gasteiger partial charge in [-0.1, -0.05) is 36.8 Å². The van der Waals surface area contributed by atoms with Gasteiger partial charge in [-0.25, -0.2) is 0 Å². The smallest absolute Gasteiger partial charge is 0.124 e. The van der Waals surface area contributed by atoms with Crippen LogP contribution < -0.4 is 0 Å². The van der Waals surface area contributed by atoms with E-state index >= 15 is 0 Å². The standard InChI is InChI=1S/C15H19ClN2/c16-10-9-14-8-4-5-11-18(14)15(12-17)13-6-2-1-3-7-13/h1-3,6-7,14-15H,4-5,8-11H2. The Labute approximate surface area is 114 Å². The molecule has 0 saturated carbocycles. The van der Waals surface area contributed by atoms with Gasteiger partial charge in [0.25, 0.3) is 0 Å². The second kappa shape index (κ2) is 6.78. The van der Waals surface area contributed by atoms with Crippen molar-refractivity contribution in [2.75, 3.05) is 12.4 Å². The molecule has 1 aliphatic rings. The lowest BCUT2D eigenvalue weighted by molar-refractivity contribution is 0.117. The SMILES string of the molecule is N#CC(c1ccccc1)N1CCCCC1CCCl. The summed E-state index contributed by atoms with van der Waals surface area (Å²) in [5.41, 5.74) is 1.10. The third-order valence-electron chi connectivity index (χ3n) is 3.68. The highest BCUT2D eigenvalue weighted by molar-refractivity contribution is 6.17. The Balaban J connectivity index is 2.18. The first kappa shape index (κ1) is 13.4. The van der Waals surface area contributed by atoms with Crippen LogP contribution in [0, 0.1) is 11.3 Å². The molecule has 96 valence electrons. The number of benzene rings is 1.